The molecule has 164 valence electrons. The summed E-state index contributed by atoms with van der Waals surface area (Å²) in [6.07, 6.45) is 16.9. The van der Waals surface area contributed by atoms with Crippen molar-refractivity contribution in [1.82, 2.24) is 0 Å². The van der Waals surface area contributed by atoms with Crippen molar-refractivity contribution in [2.45, 2.75) is 110 Å². The van der Waals surface area contributed by atoms with E-state index in [1.165, 1.54) is 49.7 Å². The van der Waals surface area contributed by atoms with Crippen molar-refractivity contribution in [3.63, 3.8) is 0 Å². The molecule has 3 fully saturated rings. The van der Waals surface area contributed by atoms with Crippen LogP contribution < -0.4 is 0 Å². The molecule has 0 aromatic heterocycles. The minimum atomic E-state index is -0.535. The molecule has 0 radical (unpaired) electrons. The van der Waals surface area contributed by atoms with Gasteiger partial charge in [0.05, 0.1) is 11.7 Å². The Morgan fingerprint density at radius 2 is 1.97 bits per heavy atom. The van der Waals surface area contributed by atoms with Crippen LogP contribution in [0, 0.1) is 23.2 Å². The molecule has 3 saturated carbocycles. The lowest BCUT2D eigenvalue weighted by atomic mass is 9.60. The van der Waals surface area contributed by atoms with Crippen molar-refractivity contribution >= 4 is 0 Å². The fourth-order valence-corrected chi connectivity index (χ4v) is 6.67. The Bertz CT molecular complexity index is 650. The average molecular weight is 401 g/mol. The van der Waals surface area contributed by atoms with E-state index in [4.69, 9.17) is 0 Å². The Balaban J connectivity index is 1.68. The number of aliphatic hydroxyl groups is 2. The van der Waals surface area contributed by atoms with Crippen LogP contribution in [-0.2, 0) is 0 Å². The summed E-state index contributed by atoms with van der Waals surface area (Å²) in [5.41, 5.74) is 4.02. The third kappa shape index (κ3) is 5.44. The molecule has 5 atom stereocenters. The fraction of sp³-hybridized carbons (Fsp3) is 0.778. The SMILES string of the molecule is C=C1CC[C@H](O)C/C1=C/C=C1\CCC[C@]2(C)C([C@H](C)CCCC(C)(C)O)CC[C@@H]12. The van der Waals surface area contributed by atoms with Crippen molar-refractivity contribution in [3.05, 3.63) is 35.5 Å². The van der Waals surface area contributed by atoms with Gasteiger partial charge in [0.2, 0.25) is 0 Å². The van der Waals surface area contributed by atoms with Gasteiger partial charge in [0, 0.05) is 0 Å². The van der Waals surface area contributed by atoms with Gasteiger partial charge < -0.3 is 10.2 Å². The zero-order valence-corrected chi connectivity index (χ0v) is 19.3. The molecule has 3 aliphatic carbocycles. The predicted molar refractivity (Wildman–Crippen MR) is 123 cm³/mol. The maximum atomic E-state index is 10.0. The molecule has 29 heavy (non-hydrogen) atoms. The van der Waals surface area contributed by atoms with Crippen molar-refractivity contribution in [2.24, 2.45) is 23.2 Å². The minimum Gasteiger partial charge on any atom is -0.393 e. The highest BCUT2D eigenvalue weighted by Gasteiger charge is 2.50. The molecule has 0 aliphatic heterocycles. The molecule has 0 heterocycles. The fourth-order valence-electron chi connectivity index (χ4n) is 6.67. The molecule has 0 amide bonds. The molecule has 0 saturated heterocycles. The molecule has 0 aromatic carbocycles. The third-order valence-electron chi connectivity index (χ3n) is 8.36. The van der Waals surface area contributed by atoms with Crippen LogP contribution in [0.4, 0.5) is 0 Å². The summed E-state index contributed by atoms with van der Waals surface area (Å²) in [5.74, 6) is 2.26. The van der Waals surface area contributed by atoms with E-state index in [-0.39, 0.29) is 6.10 Å². The Morgan fingerprint density at radius 1 is 1.21 bits per heavy atom. The first-order valence-electron chi connectivity index (χ1n) is 12.1. The van der Waals surface area contributed by atoms with Crippen LogP contribution in [0.5, 0.6) is 0 Å². The lowest BCUT2D eigenvalue weighted by Gasteiger charge is -2.44. The van der Waals surface area contributed by atoms with Gasteiger partial charge in [0.1, 0.15) is 0 Å². The van der Waals surface area contributed by atoms with E-state index >= 15 is 0 Å². The van der Waals surface area contributed by atoms with E-state index in [0.717, 1.165) is 49.9 Å². The predicted octanol–water partition coefficient (Wildman–Crippen LogP) is 6.73. The monoisotopic (exact) mass is 400 g/mol. The molecule has 3 rings (SSSR count). The minimum absolute atomic E-state index is 0.192. The van der Waals surface area contributed by atoms with Gasteiger partial charge in [-0.1, -0.05) is 56.6 Å². The molecule has 3 aliphatic rings. The Morgan fingerprint density at radius 3 is 2.69 bits per heavy atom. The highest BCUT2D eigenvalue weighted by atomic mass is 16.3. The summed E-state index contributed by atoms with van der Waals surface area (Å²) >= 11 is 0. The van der Waals surface area contributed by atoms with Gasteiger partial charge in [-0.2, -0.15) is 0 Å². The van der Waals surface area contributed by atoms with Crippen LogP contribution in [0.15, 0.2) is 35.5 Å². The van der Waals surface area contributed by atoms with E-state index < -0.39 is 5.60 Å². The lowest BCUT2D eigenvalue weighted by Crippen LogP contribution is -2.36. The molecule has 2 heteroatoms. The second-order valence-electron chi connectivity index (χ2n) is 11.2. The van der Waals surface area contributed by atoms with Crippen molar-refractivity contribution in [3.8, 4) is 0 Å². The van der Waals surface area contributed by atoms with Crippen LogP contribution in [0.1, 0.15) is 98.3 Å². The highest BCUT2D eigenvalue weighted by molar-refractivity contribution is 5.36. The standard InChI is InChI=1S/C27H44O2/c1-19-10-13-23(28)18-22(19)12-11-21-9-7-17-27(5)24(14-15-25(21)27)20(2)8-6-16-26(3,4)29/h11-12,20,23-25,28-29H,1,6-10,13-18H2,2-5H3/b21-11+,22-12-/t20-,23+,24?,25+,27-/m1/s1. The third-order valence-corrected chi connectivity index (χ3v) is 8.36. The normalized spacial score (nSPS) is 37.2. The van der Waals surface area contributed by atoms with Gasteiger partial charge in [-0.25, -0.2) is 0 Å². The van der Waals surface area contributed by atoms with Crippen LogP contribution in [0.25, 0.3) is 0 Å². The molecular weight excluding hydrogens is 356 g/mol. The first-order chi connectivity index (χ1) is 13.6. The van der Waals surface area contributed by atoms with E-state index in [2.05, 4.69) is 32.6 Å². The summed E-state index contributed by atoms with van der Waals surface area (Å²) in [6.45, 7) is 13.1. The number of fused-ring (bicyclic) bond motifs is 1. The molecule has 0 spiro atoms. The van der Waals surface area contributed by atoms with Crippen LogP contribution in [0.3, 0.4) is 0 Å². The van der Waals surface area contributed by atoms with E-state index in [1.807, 2.05) is 13.8 Å². The molecule has 0 bridgehead atoms. The first-order valence-corrected chi connectivity index (χ1v) is 12.1. The van der Waals surface area contributed by atoms with E-state index in [0.29, 0.717) is 5.41 Å². The van der Waals surface area contributed by atoms with Crippen molar-refractivity contribution in [2.75, 3.05) is 0 Å². The molecule has 2 nitrogen and oxygen atoms in total. The largest absolute Gasteiger partial charge is 0.393 e. The van der Waals surface area contributed by atoms with Gasteiger partial charge in [0.25, 0.3) is 0 Å². The Kier molecular flexibility index (Phi) is 7.16. The van der Waals surface area contributed by atoms with Gasteiger partial charge in [-0.3, -0.25) is 0 Å². The van der Waals surface area contributed by atoms with Crippen LogP contribution in [0.2, 0.25) is 0 Å². The topological polar surface area (TPSA) is 40.5 Å². The Labute approximate surface area is 179 Å². The maximum absolute atomic E-state index is 10.0. The number of rotatable bonds is 6. The van der Waals surface area contributed by atoms with Crippen LogP contribution >= 0.6 is 0 Å². The summed E-state index contributed by atoms with van der Waals surface area (Å²) in [6, 6.07) is 0. The number of allylic oxidation sites excluding steroid dienone is 4. The second kappa shape index (κ2) is 9.10. The van der Waals surface area contributed by atoms with Gasteiger partial charge >= 0.3 is 0 Å². The van der Waals surface area contributed by atoms with Crippen molar-refractivity contribution in [1.29, 1.82) is 0 Å². The van der Waals surface area contributed by atoms with Gasteiger partial charge in [0.15, 0.2) is 0 Å². The summed E-state index contributed by atoms with van der Waals surface area (Å²) in [7, 11) is 0. The number of hydrogen-bond donors (Lipinski definition) is 2. The maximum Gasteiger partial charge on any atom is 0.0591 e. The summed E-state index contributed by atoms with van der Waals surface area (Å²) in [4.78, 5) is 0. The van der Waals surface area contributed by atoms with Gasteiger partial charge in [-0.05, 0) is 100 Å². The summed E-state index contributed by atoms with van der Waals surface area (Å²) in [5, 5.41) is 20.1. The van der Waals surface area contributed by atoms with Crippen molar-refractivity contribution < 1.29 is 10.2 Å². The first kappa shape index (κ1) is 22.8. The molecule has 1 unspecified atom stereocenters. The zero-order chi connectivity index (χ0) is 21.2. The van der Waals surface area contributed by atoms with E-state index in [1.54, 1.807) is 5.57 Å². The molecule has 0 aromatic rings. The molecular formula is C27H44O2. The zero-order valence-electron chi connectivity index (χ0n) is 19.3. The Hall–Kier alpha value is -0.860. The number of aliphatic hydroxyl groups excluding tert-OH is 1. The average Bonchev–Trinajstić information content (AvgIpc) is 2.99. The van der Waals surface area contributed by atoms with Crippen LogP contribution in [-0.4, -0.2) is 21.9 Å². The summed E-state index contributed by atoms with van der Waals surface area (Å²) < 4.78 is 0. The molecule has 2 N–H and O–H groups in total. The lowest BCUT2D eigenvalue weighted by molar-refractivity contribution is 0.0596. The second-order valence-corrected chi connectivity index (χ2v) is 11.2. The van der Waals surface area contributed by atoms with Gasteiger partial charge in [-0.15, -0.1) is 0 Å². The smallest absolute Gasteiger partial charge is 0.0591 e. The number of hydrogen-bond acceptors (Lipinski definition) is 2. The highest BCUT2D eigenvalue weighted by Crippen LogP contribution is 2.60. The van der Waals surface area contributed by atoms with E-state index in [9.17, 15) is 10.2 Å². The quantitative estimate of drug-likeness (QED) is 0.518.